The molecule has 0 radical (unpaired) electrons. The lowest BCUT2D eigenvalue weighted by Crippen LogP contribution is -2.51. The molecule has 0 aromatic heterocycles. The summed E-state index contributed by atoms with van der Waals surface area (Å²) in [6.45, 7) is 7.25. The van der Waals surface area contributed by atoms with E-state index in [0.29, 0.717) is 12.1 Å². The molecule has 2 aliphatic heterocycles. The van der Waals surface area contributed by atoms with Crippen molar-refractivity contribution in [3.8, 4) is 0 Å². The number of aliphatic carboxylic acids is 1. The molecule has 238 valence electrons. The number of anilines is 1. The van der Waals surface area contributed by atoms with Crippen LogP contribution in [0.25, 0.3) is 0 Å². The number of amides is 5. The Morgan fingerprint density at radius 1 is 1.07 bits per heavy atom. The molecule has 2 aliphatic rings. The molecule has 3 N–H and O–H groups in total. The zero-order valence-electron chi connectivity index (χ0n) is 24.8. The molecule has 2 aromatic carbocycles. The maximum Gasteiger partial charge on any atom is 0.411 e. The highest BCUT2D eigenvalue weighted by atomic mass is 33.1. The van der Waals surface area contributed by atoms with Gasteiger partial charge in [-0.25, -0.2) is 4.79 Å². The predicted octanol–water partition coefficient (Wildman–Crippen LogP) is 4.29. The van der Waals surface area contributed by atoms with Crippen LogP contribution in [0.2, 0.25) is 0 Å². The first-order chi connectivity index (χ1) is 21.4. The second-order valence-corrected chi connectivity index (χ2v) is 13.9. The average Bonchev–Trinajstić information content (AvgIpc) is 3.25. The first-order valence-electron chi connectivity index (χ1n) is 14.2. The molecular formula is C31H34N4O8S2. The van der Waals surface area contributed by atoms with Gasteiger partial charge in [0.1, 0.15) is 19.2 Å². The molecule has 0 saturated carbocycles. The molecule has 5 amide bonds. The van der Waals surface area contributed by atoms with Crippen LogP contribution in [0.5, 0.6) is 0 Å². The van der Waals surface area contributed by atoms with Gasteiger partial charge in [-0.2, -0.15) is 0 Å². The third kappa shape index (κ3) is 8.66. The number of hydrogen-bond acceptors (Lipinski definition) is 9. The zero-order chi connectivity index (χ0) is 32.7. The summed E-state index contributed by atoms with van der Waals surface area (Å²) in [5.74, 6) is -3.13. The number of fused-ring (bicyclic) bond motifs is 1. The summed E-state index contributed by atoms with van der Waals surface area (Å²) in [6.07, 6.45) is 0.00350. The number of benzene rings is 2. The maximum absolute atomic E-state index is 13.3. The van der Waals surface area contributed by atoms with E-state index >= 15 is 0 Å². The van der Waals surface area contributed by atoms with E-state index in [9.17, 15) is 33.9 Å². The van der Waals surface area contributed by atoms with Crippen LogP contribution < -0.4 is 10.6 Å². The van der Waals surface area contributed by atoms with Crippen molar-refractivity contribution in [1.29, 1.82) is 0 Å². The fourth-order valence-electron chi connectivity index (χ4n) is 4.86. The third-order valence-electron chi connectivity index (χ3n) is 7.01. The number of allylic oxidation sites excluding steroid dienone is 1. The summed E-state index contributed by atoms with van der Waals surface area (Å²) >= 11 is 0. The fraction of sp³-hybridized carbons (Fsp3) is 0.355. The molecule has 3 atom stereocenters. The van der Waals surface area contributed by atoms with Crippen molar-refractivity contribution < 1.29 is 38.6 Å². The number of carbonyl (C=O) groups is 6. The monoisotopic (exact) mass is 654 g/mol. The standard InChI is InChI=1S/C31H34N4O8S2/c1-18-12-13-24(28(39)32-18)35-29(40)22-10-7-11-23(27(22)30(35)41)33-31(42)43-17-20(3)45-44-19(2)14-25(36)34(16-26(37)38)15-21-8-5-4-6-9-21/h4-11,19-20,24H,1,12-17H2,2-3H3,(H,32,39)(H,33,42)(H,37,38)/t19-,20+,24?/m0/s1. The van der Waals surface area contributed by atoms with E-state index in [1.54, 1.807) is 0 Å². The van der Waals surface area contributed by atoms with Gasteiger partial charge in [-0.15, -0.1) is 0 Å². The molecule has 0 bridgehead atoms. The van der Waals surface area contributed by atoms with Gasteiger partial charge in [0.15, 0.2) is 0 Å². The number of ether oxygens (including phenoxy) is 1. The van der Waals surface area contributed by atoms with E-state index in [4.69, 9.17) is 4.74 Å². The molecule has 1 unspecified atom stereocenters. The summed E-state index contributed by atoms with van der Waals surface area (Å²) in [4.78, 5) is 77.9. The Bertz CT molecular complexity index is 1500. The van der Waals surface area contributed by atoms with Gasteiger partial charge in [0.25, 0.3) is 11.8 Å². The van der Waals surface area contributed by atoms with Crippen LogP contribution in [0.1, 0.15) is 59.4 Å². The Hall–Kier alpha value is -4.30. The maximum atomic E-state index is 13.3. The van der Waals surface area contributed by atoms with Gasteiger partial charge in [-0.3, -0.25) is 34.2 Å². The highest BCUT2D eigenvalue weighted by Crippen LogP contribution is 2.34. The zero-order valence-corrected chi connectivity index (χ0v) is 26.4. The molecule has 0 aliphatic carbocycles. The fourth-order valence-corrected chi connectivity index (χ4v) is 7.09. The first-order valence-corrected chi connectivity index (χ1v) is 16.5. The third-order valence-corrected chi connectivity index (χ3v) is 10.4. The number of nitrogens with zero attached hydrogens (tertiary/aromatic N) is 2. The number of carbonyl (C=O) groups excluding carboxylic acids is 5. The molecule has 45 heavy (non-hydrogen) atoms. The van der Waals surface area contributed by atoms with E-state index < -0.39 is 42.4 Å². The van der Waals surface area contributed by atoms with Gasteiger partial charge in [0.05, 0.1) is 16.8 Å². The lowest BCUT2D eigenvalue weighted by Gasteiger charge is -2.29. The van der Waals surface area contributed by atoms with Crippen molar-refractivity contribution in [2.24, 2.45) is 0 Å². The summed E-state index contributed by atoms with van der Waals surface area (Å²) < 4.78 is 5.36. The molecule has 2 heterocycles. The van der Waals surface area contributed by atoms with E-state index in [-0.39, 0.29) is 59.2 Å². The van der Waals surface area contributed by atoms with Gasteiger partial charge in [0.2, 0.25) is 11.8 Å². The van der Waals surface area contributed by atoms with Crippen molar-refractivity contribution in [2.45, 2.75) is 56.2 Å². The number of carboxylic acid groups (broad SMARTS) is 1. The number of nitrogens with one attached hydrogen (secondary N) is 2. The number of carboxylic acids is 1. The molecule has 4 rings (SSSR count). The SMILES string of the molecule is C=C1CCC(N2C(=O)c3cccc(NC(=O)OC[C@@H](C)SS[C@@H](C)CC(=O)N(CC(=O)O)Cc4ccccc4)c3C2=O)C(=O)N1. The molecule has 1 fully saturated rings. The van der Waals surface area contributed by atoms with Crippen LogP contribution in [-0.4, -0.2) is 80.3 Å². The Morgan fingerprint density at radius 3 is 2.47 bits per heavy atom. The second kappa shape index (κ2) is 15.1. The number of rotatable bonds is 13. The molecule has 14 heteroatoms. The van der Waals surface area contributed by atoms with Crippen molar-refractivity contribution in [3.63, 3.8) is 0 Å². The summed E-state index contributed by atoms with van der Waals surface area (Å²) in [5, 5.41) is 14.1. The minimum absolute atomic E-state index is 0.00247. The van der Waals surface area contributed by atoms with Crippen molar-refractivity contribution in [1.82, 2.24) is 15.1 Å². The van der Waals surface area contributed by atoms with Gasteiger partial charge >= 0.3 is 12.1 Å². The number of hydrogen-bond donors (Lipinski definition) is 3. The van der Waals surface area contributed by atoms with Crippen LogP contribution in [0.3, 0.4) is 0 Å². The summed E-state index contributed by atoms with van der Waals surface area (Å²) in [6, 6.07) is 12.7. The summed E-state index contributed by atoms with van der Waals surface area (Å²) in [5.41, 5.74) is 1.54. The van der Waals surface area contributed by atoms with Gasteiger partial charge in [-0.1, -0.05) is 71.5 Å². The highest BCUT2D eigenvalue weighted by molar-refractivity contribution is 8.77. The minimum atomic E-state index is -1.09. The van der Waals surface area contributed by atoms with Gasteiger partial charge in [-0.05, 0) is 37.5 Å². The van der Waals surface area contributed by atoms with E-state index in [1.807, 2.05) is 44.2 Å². The quantitative estimate of drug-likeness (QED) is 0.210. The lowest BCUT2D eigenvalue weighted by molar-refractivity contribution is -0.144. The lowest BCUT2D eigenvalue weighted by atomic mass is 10.0. The average molecular weight is 655 g/mol. The minimum Gasteiger partial charge on any atom is -0.480 e. The van der Waals surface area contributed by atoms with E-state index in [0.717, 1.165) is 10.5 Å². The highest BCUT2D eigenvalue weighted by Gasteiger charge is 2.45. The molecule has 0 spiro atoms. The molecular weight excluding hydrogens is 620 g/mol. The van der Waals surface area contributed by atoms with Crippen molar-refractivity contribution in [2.75, 3.05) is 18.5 Å². The largest absolute Gasteiger partial charge is 0.480 e. The summed E-state index contributed by atoms with van der Waals surface area (Å²) in [7, 11) is 2.84. The van der Waals surface area contributed by atoms with Crippen molar-refractivity contribution in [3.05, 3.63) is 77.5 Å². The Labute approximate surface area is 268 Å². The smallest absolute Gasteiger partial charge is 0.411 e. The molecule has 1 saturated heterocycles. The molecule has 2 aromatic rings. The van der Waals surface area contributed by atoms with Gasteiger partial charge < -0.3 is 20.1 Å². The first kappa shape index (κ1) is 33.6. The van der Waals surface area contributed by atoms with Crippen LogP contribution in [0.15, 0.2) is 60.8 Å². The van der Waals surface area contributed by atoms with Crippen LogP contribution in [0.4, 0.5) is 10.5 Å². The van der Waals surface area contributed by atoms with Crippen molar-refractivity contribution >= 4 is 63.0 Å². The van der Waals surface area contributed by atoms with Crippen LogP contribution in [0, 0.1) is 0 Å². The van der Waals surface area contributed by atoms with E-state index in [2.05, 4.69) is 17.2 Å². The number of piperidine rings is 1. The topological polar surface area (TPSA) is 162 Å². The number of imide groups is 1. The Balaban J connectivity index is 1.26. The van der Waals surface area contributed by atoms with Crippen LogP contribution >= 0.6 is 21.6 Å². The second-order valence-electron chi connectivity index (χ2n) is 10.7. The normalized spacial score (nSPS) is 17.3. The van der Waals surface area contributed by atoms with Crippen LogP contribution in [-0.2, 0) is 25.7 Å². The molecule has 12 nitrogen and oxygen atoms in total. The Kier molecular flexibility index (Phi) is 11.3. The predicted molar refractivity (Wildman–Crippen MR) is 170 cm³/mol. The van der Waals surface area contributed by atoms with E-state index in [1.165, 1.54) is 44.7 Å². The van der Waals surface area contributed by atoms with Gasteiger partial charge in [0, 0.05) is 29.2 Å². The Morgan fingerprint density at radius 2 is 1.78 bits per heavy atom.